The quantitative estimate of drug-likeness (QED) is 0.379. The zero-order valence-corrected chi connectivity index (χ0v) is 18.2. The first-order valence-corrected chi connectivity index (χ1v) is 10.7. The minimum atomic E-state index is -0.539. The third kappa shape index (κ3) is 5.50. The van der Waals surface area contributed by atoms with Gasteiger partial charge in [-0.1, -0.05) is 49.4 Å². The molecule has 1 amide bonds. The van der Waals surface area contributed by atoms with Crippen LogP contribution in [0.25, 0.3) is 11.1 Å². The summed E-state index contributed by atoms with van der Waals surface area (Å²) in [5.74, 6) is 0.455. The van der Waals surface area contributed by atoms with Gasteiger partial charge in [0.1, 0.15) is 11.9 Å². The molecule has 0 unspecified atom stereocenters. The van der Waals surface area contributed by atoms with Gasteiger partial charge in [-0.25, -0.2) is 4.98 Å². The summed E-state index contributed by atoms with van der Waals surface area (Å²) in [5, 5.41) is 22.0. The highest BCUT2D eigenvalue weighted by Gasteiger charge is 2.21. The fraction of sp³-hybridized carbons (Fsp3) is 0.154. The Kier molecular flexibility index (Phi) is 6.88. The van der Waals surface area contributed by atoms with Crippen LogP contribution in [0.2, 0.25) is 0 Å². The topological polar surface area (TPSA) is 106 Å². The lowest BCUT2D eigenvalue weighted by Crippen LogP contribution is -2.35. The number of benzene rings is 2. The van der Waals surface area contributed by atoms with Crippen LogP contribution >= 0.6 is 0 Å². The second kappa shape index (κ2) is 10.4. The van der Waals surface area contributed by atoms with Gasteiger partial charge < -0.3 is 10.6 Å². The first-order valence-electron chi connectivity index (χ1n) is 10.7. The predicted octanol–water partition coefficient (Wildman–Crippen LogP) is 4.42. The number of carbonyl (C=O) groups is 1. The number of H-pyrrole nitrogens is 1. The third-order valence-electron chi connectivity index (χ3n) is 5.48. The molecule has 4 aromatic rings. The van der Waals surface area contributed by atoms with Crippen LogP contribution < -0.4 is 10.6 Å². The van der Waals surface area contributed by atoms with Crippen LogP contribution in [0.15, 0.2) is 85.3 Å². The molecule has 2 heterocycles. The number of nitrogens with one attached hydrogen (secondary N) is 3. The van der Waals surface area contributed by atoms with E-state index in [4.69, 9.17) is 5.26 Å². The SMILES string of the molecule is C[C@@H](CN[C@@H](C(=O)Nc1ccc(-c2cn[nH]c2)cn1)c1ccccc1)c1ccc(C#N)cc1. The molecule has 0 spiro atoms. The van der Waals surface area contributed by atoms with Gasteiger partial charge in [-0.05, 0) is 41.3 Å². The van der Waals surface area contributed by atoms with E-state index >= 15 is 0 Å². The molecule has 0 radical (unpaired) electrons. The van der Waals surface area contributed by atoms with E-state index in [0.29, 0.717) is 17.9 Å². The van der Waals surface area contributed by atoms with Crippen LogP contribution in [0.3, 0.4) is 0 Å². The highest BCUT2D eigenvalue weighted by Crippen LogP contribution is 2.21. The van der Waals surface area contributed by atoms with Crippen molar-refractivity contribution in [1.29, 1.82) is 5.26 Å². The predicted molar refractivity (Wildman–Crippen MR) is 127 cm³/mol. The molecule has 7 nitrogen and oxygen atoms in total. The number of anilines is 1. The number of amides is 1. The number of carbonyl (C=O) groups excluding carboxylic acids is 1. The van der Waals surface area contributed by atoms with Gasteiger partial charge in [0.05, 0.1) is 17.8 Å². The van der Waals surface area contributed by atoms with E-state index < -0.39 is 6.04 Å². The van der Waals surface area contributed by atoms with Crippen molar-refractivity contribution in [3.8, 4) is 17.2 Å². The number of aromatic nitrogens is 3. The summed E-state index contributed by atoms with van der Waals surface area (Å²) in [6, 6.07) is 22.4. The molecular formula is C26H24N6O. The molecule has 3 N–H and O–H groups in total. The normalized spacial score (nSPS) is 12.5. The van der Waals surface area contributed by atoms with Crippen molar-refractivity contribution in [3.05, 3.63) is 102 Å². The molecule has 0 aliphatic carbocycles. The maximum Gasteiger partial charge on any atom is 0.247 e. The van der Waals surface area contributed by atoms with Crippen molar-refractivity contribution < 1.29 is 4.79 Å². The van der Waals surface area contributed by atoms with Gasteiger partial charge in [0, 0.05) is 30.1 Å². The van der Waals surface area contributed by atoms with Crippen LogP contribution in [-0.4, -0.2) is 27.6 Å². The average Bonchev–Trinajstić information content (AvgIpc) is 3.40. The van der Waals surface area contributed by atoms with E-state index in [9.17, 15) is 4.79 Å². The Morgan fingerprint density at radius 2 is 1.79 bits per heavy atom. The van der Waals surface area contributed by atoms with Crippen molar-refractivity contribution in [2.45, 2.75) is 18.9 Å². The molecule has 33 heavy (non-hydrogen) atoms. The molecule has 2 aromatic heterocycles. The molecule has 2 atom stereocenters. The fourth-order valence-electron chi connectivity index (χ4n) is 3.55. The molecule has 7 heteroatoms. The first kappa shape index (κ1) is 21.9. The number of nitrogens with zero attached hydrogens (tertiary/aromatic N) is 3. The summed E-state index contributed by atoms with van der Waals surface area (Å²) in [7, 11) is 0. The second-order valence-electron chi connectivity index (χ2n) is 7.80. The van der Waals surface area contributed by atoms with E-state index in [1.807, 2.05) is 60.7 Å². The summed E-state index contributed by atoms with van der Waals surface area (Å²) in [6.07, 6.45) is 5.22. The molecule has 164 valence electrons. The maximum absolute atomic E-state index is 13.2. The standard InChI is InChI=1S/C26H24N6O/c1-18(20-9-7-19(13-27)8-10-20)14-29-25(21-5-3-2-4-6-21)26(33)32-24-12-11-22(15-28-24)23-16-30-31-17-23/h2-12,15-18,25,29H,14H2,1H3,(H,30,31)(H,28,32,33)/t18-,25+/m0/s1. The molecule has 0 fully saturated rings. The van der Waals surface area contributed by atoms with Crippen LogP contribution in [-0.2, 0) is 4.79 Å². The lowest BCUT2D eigenvalue weighted by atomic mass is 9.98. The first-order chi connectivity index (χ1) is 16.1. The molecule has 0 bridgehead atoms. The van der Waals surface area contributed by atoms with Gasteiger partial charge in [-0.3, -0.25) is 9.89 Å². The van der Waals surface area contributed by atoms with Crippen LogP contribution in [0.1, 0.15) is 35.6 Å². The Balaban J connectivity index is 1.46. The smallest absolute Gasteiger partial charge is 0.247 e. The molecular weight excluding hydrogens is 412 g/mol. The van der Waals surface area contributed by atoms with Crippen molar-refractivity contribution in [2.75, 3.05) is 11.9 Å². The van der Waals surface area contributed by atoms with E-state index in [2.05, 4.69) is 38.8 Å². The Labute approximate surface area is 192 Å². The van der Waals surface area contributed by atoms with Crippen molar-refractivity contribution in [3.63, 3.8) is 0 Å². The van der Waals surface area contributed by atoms with Crippen molar-refractivity contribution >= 4 is 11.7 Å². The van der Waals surface area contributed by atoms with Gasteiger partial charge in [0.15, 0.2) is 0 Å². The molecule has 0 aliphatic rings. The van der Waals surface area contributed by atoms with E-state index in [1.54, 1.807) is 24.7 Å². The van der Waals surface area contributed by atoms with Crippen LogP contribution in [0.5, 0.6) is 0 Å². The summed E-state index contributed by atoms with van der Waals surface area (Å²) in [5.41, 5.74) is 4.45. The molecule has 0 aliphatic heterocycles. The second-order valence-corrected chi connectivity index (χ2v) is 7.80. The van der Waals surface area contributed by atoms with Gasteiger partial charge in [0.25, 0.3) is 0 Å². The monoisotopic (exact) mass is 436 g/mol. The largest absolute Gasteiger partial charge is 0.309 e. The molecule has 0 saturated carbocycles. The van der Waals surface area contributed by atoms with Gasteiger partial charge in [-0.15, -0.1) is 0 Å². The minimum Gasteiger partial charge on any atom is -0.309 e. The average molecular weight is 437 g/mol. The highest BCUT2D eigenvalue weighted by atomic mass is 16.2. The van der Waals surface area contributed by atoms with E-state index in [0.717, 1.165) is 22.3 Å². The summed E-state index contributed by atoms with van der Waals surface area (Å²) < 4.78 is 0. The Bertz CT molecular complexity index is 1210. The number of nitriles is 1. The Hall–Kier alpha value is -4.28. The lowest BCUT2D eigenvalue weighted by Gasteiger charge is -2.21. The number of hydrogen-bond acceptors (Lipinski definition) is 5. The van der Waals surface area contributed by atoms with Gasteiger partial charge in [-0.2, -0.15) is 10.4 Å². The Morgan fingerprint density at radius 1 is 1.00 bits per heavy atom. The van der Waals surface area contributed by atoms with E-state index in [1.165, 1.54) is 0 Å². The molecule has 4 rings (SSSR count). The Morgan fingerprint density at radius 3 is 2.42 bits per heavy atom. The van der Waals surface area contributed by atoms with Crippen molar-refractivity contribution in [1.82, 2.24) is 20.5 Å². The number of hydrogen-bond donors (Lipinski definition) is 3. The van der Waals surface area contributed by atoms with Gasteiger partial charge in [0.2, 0.25) is 5.91 Å². The molecule has 2 aromatic carbocycles. The van der Waals surface area contributed by atoms with Crippen LogP contribution in [0, 0.1) is 11.3 Å². The zero-order chi connectivity index (χ0) is 23.0. The maximum atomic E-state index is 13.2. The summed E-state index contributed by atoms with van der Waals surface area (Å²) in [4.78, 5) is 17.6. The number of aromatic amines is 1. The van der Waals surface area contributed by atoms with E-state index in [-0.39, 0.29) is 11.8 Å². The fourth-order valence-corrected chi connectivity index (χ4v) is 3.55. The summed E-state index contributed by atoms with van der Waals surface area (Å²) in [6.45, 7) is 2.68. The van der Waals surface area contributed by atoms with Crippen LogP contribution in [0.4, 0.5) is 5.82 Å². The number of pyridine rings is 1. The lowest BCUT2D eigenvalue weighted by molar-refractivity contribution is -0.118. The summed E-state index contributed by atoms with van der Waals surface area (Å²) >= 11 is 0. The van der Waals surface area contributed by atoms with Crippen molar-refractivity contribution in [2.24, 2.45) is 0 Å². The highest BCUT2D eigenvalue weighted by molar-refractivity contribution is 5.95. The number of rotatable bonds is 8. The molecule has 0 saturated heterocycles. The zero-order valence-electron chi connectivity index (χ0n) is 18.2. The minimum absolute atomic E-state index is 0.157. The third-order valence-corrected chi connectivity index (χ3v) is 5.48. The van der Waals surface area contributed by atoms with Gasteiger partial charge >= 0.3 is 0 Å².